The van der Waals surface area contributed by atoms with Gasteiger partial charge in [0, 0.05) is 11.4 Å². The standard InChI is InChI=1S/C21H22N4O2/c1-13-7-3-5-9-17(13)24-20(26)14(2)25-12-22-19-16(21(25)27)11-15-8-4-6-10-18(15)23-19/h3,5,7,9,11-12,14H,4,6,8,10H2,1-2H3,(H,24,26). The van der Waals surface area contributed by atoms with Gasteiger partial charge in [0.15, 0.2) is 5.65 Å². The van der Waals surface area contributed by atoms with Gasteiger partial charge in [-0.05, 0) is 62.8 Å². The van der Waals surface area contributed by atoms with E-state index in [0.717, 1.165) is 48.2 Å². The summed E-state index contributed by atoms with van der Waals surface area (Å²) in [7, 11) is 0. The monoisotopic (exact) mass is 362 g/mol. The number of carbonyl (C=O) groups excluding carboxylic acids is 1. The minimum atomic E-state index is -0.676. The Bertz CT molecular complexity index is 1090. The van der Waals surface area contributed by atoms with Gasteiger partial charge in [0.25, 0.3) is 5.56 Å². The Morgan fingerprint density at radius 1 is 1.22 bits per heavy atom. The maximum atomic E-state index is 13.0. The molecule has 0 spiro atoms. The Balaban J connectivity index is 1.68. The van der Waals surface area contributed by atoms with Crippen molar-refractivity contribution in [2.75, 3.05) is 5.32 Å². The van der Waals surface area contributed by atoms with Gasteiger partial charge in [-0.2, -0.15) is 0 Å². The van der Waals surface area contributed by atoms with Crippen LogP contribution in [0.5, 0.6) is 0 Å². The summed E-state index contributed by atoms with van der Waals surface area (Å²) < 4.78 is 1.38. The second kappa shape index (κ2) is 6.95. The van der Waals surface area contributed by atoms with Gasteiger partial charge in [-0.3, -0.25) is 14.2 Å². The molecule has 0 fully saturated rings. The molecule has 27 heavy (non-hydrogen) atoms. The van der Waals surface area contributed by atoms with E-state index in [1.165, 1.54) is 10.9 Å². The average molecular weight is 362 g/mol. The summed E-state index contributed by atoms with van der Waals surface area (Å²) in [5.41, 5.74) is 4.12. The molecule has 0 saturated carbocycles. The molecule has 4 rings (SSSR count). The first-order valence-corrected chi connectivity index (χ1v) is 9.31. The Hall–Kier alpha value is -3.02. The molecule has 1 aromatic carbocycles. The number of hydrogen-bond donors (Lipinski definition) is 1. The fourth-order valence-corrected chi connectivity index (χ4v) is 3.54. The highest BCUT2D eigenvalue weighted by Gasteiger charge is 2.20. The van der Waals surface area contributed by atoms with Crippen molar-refractivity contribution in [3.63, 3.8) is 0 Å². The van der Waals surface area contributed by atoms with Crippen molar-refractivity contribution in [3.8, 4) is 0 Å². The predicted octanol–water partition coefficient (Wildman–Crippen LogP) is 3.18. The topological polar surface area (TPSA) is 76.9 Å². The van der Waals surface area contributed by atoms with Crippen molar-refractivity contribution in [3.05, 3.63) is 63.8 Å². The van der Waals surface area contributed by atoms with Crippen LogP contribution in [0.2, 0.25) is 0 Å². The van der Waals surface area contributed by atoms with Gasteiger partial charge >= 0.3 is 0 Å². The lowest BCUT2D eigenvalue weighted by atomic mass is 9.95. The Labute approximate surface area is 157 Å². The third-order valence-corrected chi connectivity index (χ3v) is 5.25. The van der Waals surface area contributed by atoms with E-state index in [4.69, 9.17) is 0 Å². The number of amides is 1. The first-order chi connectivity index (χ1) is 13.0. The molecule has 0 bridgehead atoms. The molecule has 1 unspecified atom stereocenters. The Morgan fingerprint density at radius 2 is 2.00 bits per heavy atom. The molecule has 0 aliphatic heterocycles. The van der Waals surface area contributed by atoms with Crippen LogP contribution in [0.15, 0.2) is 41.5 Å². The third-order valence-electron chi connectivity index (χ3n) is 5.25. The molecule has 1 aliphatic rings. The average Bonchev–Trinajstić information content (AvgIpc) is 2.68. The second-order valence-corrected chi connectivity index (χ2v) is 7.11. The summed E-state index contributed by atoms with van der Waals surface area (Å²) >= 11 is 0. The van der Waals surface area contributed by atoms with Gasteiger partial charge in [0.05, 0.1) is 5.39 Å². The van der Waals surface area contributed by atoms with Crippen LogP contribution in [0.25, 0.3) is 11.0 Å². The van der Waals surface area contributed by atoms with Crippen LogP contribution in [0.1, 0.15) is 42.6 Å². The zero-order chi connectivity index (χ0) is 19.0. The van der Waals surface area contributed by atoms with Gasteiger partial charge in [-0.15, -0.1) is 0 Å². The smallest absolute Gasteiger partial charge is 0.263 e. The minimum absolute atomic E-state index is 0.228. The van der Waals surface area contributed by atoms with Crippen molar-refractivity contribution < 1.29 is 4.79 Å². The van der Waals surface area contributed by atoms with E-state index < -0.39 is 6.04 Å². The maximum Gasteiger partial charge on any atom is 0.263 e. The SMILES string of the molecule is Cc1ccccc1NC(=O)C(C)n1cnc2nc3c(cc2c1=O)CCCC3. The summed E-state index contributed by atoms with van der Waals surface area (Å²) in [6.45, 7) is 3.63. The number of aryl methyl sites for hydroxylation is 3. The van der Waals surface area contributed by atoms with E-state index in [2.05, 4.69) is 15.3 Å². The summed E-state index contributed by atoms with van der Waals surface area (Å²) in [6, 6.07) is 8.79. The number of nitrogens with zero attached hydrogens (tertiary/aromatic N) is 3. The number of hydrogen-bond acceptors (Lipinski definition) is 4. The van der Waals surface area contributed by atoms with Crippen LogP contribution in [0.4, 0.5) is 5.69 Å². The van der Waals surface area contributed by atoms with Gasteiger partial charge in [-0.25, -0.2) is 9.97 Å². The molecular weight excluding hydrogens is 340 g/mol. The number of nitrogens with one attached hydrogen (secondary N) is 1. The lowest BCUT2D eigenvalue weighted by Gasteiger charge is -2.18. The number of para-hydroxylation sites is 1. The highest BCUT2D eigenvalue weighted by molar-refractivity contribution is 5.94. The summed E-state index contributed by atoms with van der Waals surface area (Å²) in [6.07, 6.45) is 5.54. The van der Waals surface area contributed by atoms with Gasteiger partial charge in [0.1, 0.15) is 12.4 Å². The molecule has 2 heterocycles. The van der Waals surface area contributed by atoms with Gasteiger partial charge in [-0.1, -0.05) is 18.2 Å². The number of benzene rings is 1. The normalized spacial score (nSPS) is 14.6. The summed E-state index contributed by atoms with van der Waals surface area (Å²) in [5, 5.41) is 3.37. The van der Waals surface area contributed by atoms with Crippen molar-refractivity contribution in [2.45, 2.75) is 45.6 Å². The highest BCUT2D eigenvalue weighted by atomic mass is 16.2. The zero-order valence-electron chi connectivity index (χ0n) is 15.5. The van der Waals surface area contributed by atoms with Gasteiger partial charge in [0.2, 0.25) is 5.91 Å². The van der Waals surface area contributed by atoms with E-state index in [9.17, 15) is 9.59 Å². The molecule has 0 saturated heterocycles. The molecule has 1 N–H and O–H groups in total. The molecule has 6 nitrogen and oxygen atoms in total. The van der Waals surface area contributed by atoms with Crippen molar-refractivity contribution in [1.82, 2.24) is 14.5 Å². The number of fused-ring (bicyclic) bond motifs is 2. The molecule has 1 atom stereocenters. The van der Waals surface area contributed by atoms with E-state index in [1.54, 1.807) is 6.92 Å². The van der Waals surface area contributed by atoms with Gasteiger partial charge < -0.3 is 5.32 Å². The van der Waals surface area contributed by atoms with E-state index in [-0.39, 0.29) is 11.5 Å². The second-order valence-electron chi connectivity index (χ2n) is 7.11. The minimum Gasteiger partial charge on any atom is -0.324 e. The fraction of sp³-hybridized carbons (Fsp3) is 0.333. The first kappa shape index (κ1) is 17.4. The number of pyridine rings is 1. The van der Waals surface area contributed by atoms with E-state index >= 15 is 0 Å². The van der Waals surface area contributed by atoms with E-state index in [1.807, 2.05) is 37.3 Å². The number of carbonyl (C=O) groups is 1. The first-order valence-electron chi connectivity index (χ1n) is 9.31. The predicted molar refractivity (Wildman–Crippen MR) is 105 cm³/mol. The van der Waals surface area contributed by atoms with Crippen molar-refractivity contribution in [2.24, 2.45) is 0 Å². The van der Waals surface area contributed by atoms with E-state index in [0.29, 0.717) is 11.0 Å². The van der Waals surface area contributed by atoms with Crippen LogP contribution in [0, 0.1) is 6.92 Å². The quantitative estimate of drug-likeness (QED) is 0.776. The maximum absolute atomic E-state index is 13.0. The van der Waals surface area contributed by atoms with Crippen LogP contribution in [0.3, 0.4) is 0 Å². The van der Waals surface area contributed by atoms with Crippen LogP contribution >= 0.6 is 0 Å². The Kier molecular flexibility index (Phi) is 4.48. The molecule has 3 aromatic rings. The summed E-state index contributed by atoms with van der Waals surface area (Å²) in [5.74, 6) is -0.251. The molecule has 138 valence electrons. The van der Waals surface area contributed by atoms with Crippen molar-refractivity contribution >= 4 is 22.6 Å². The zero-order valence-corrected chi connectivity index (χ0v) is 15.5. The number of anilines is 1. The molecular formula is C21H22N4O2. The fourth-order valence-electron chi connectivity index (χ4n) is 3.54. The van der Waals surface area contributed by atoms with Crippen molar-refractivity contribution in [1.29, 1.82) is 0 Å². The molecule has 0 radical (unpaired) electrons. The van der Waals surface area contributed by atoms with Crippen LogP contribution < -0.4 is 10.9 Å². The molecule has 1 aliphatic carbocycles. The highest BCUT2D eigenvalue weighted by Crippen LogP contribution is 2.22. The van der Waals surface area contributed by atoms with Crippen LogP contribution in [-0.4, -0.2) is 20.4 Å². The third kappa shape index (κ3) is 3.23. The lowest BCUT2D eigenvalue weighted by Crippen LogP contribution is -2.32. The number of rotatable bonds is 3. The molecule has 2 aromatic heterocycles. The lowest BCUT2D eigenvalue weighted by molar-refractivity contribution is -0.118. The summed E-state index contributed by atoms with van der Waals surface area (Å²) in [4.78, 5) is 34.6. The Morgan fingerprint density at radius 3 is 2.81 bits per heavy atom. The van der Waals surface area contributed by atoms with Crippen LogP contribution in [-0.2, 0) is 17.6 Å². The molecule has 1 amide bonds. The largest absolute Gasteiger partial charge is 0.324 e. The molecule has 6 heteroatoms. The number of aromatic nitrogens is 3.